The summed E-state index contributed by atoms with van der Waals surface area (Å²) < 4.78 is 13.7. The van der Waals surface area contributed by atoms with Gasteiger partial charge in [-0.25, -0.2) is 4.39 Å². The van der Waals surface area contributed by atoms with E-state index in [0.717, 1.165) is 11.1 Å². The molecular formula is C13H20FN. The van der Waals surface area contributed by atoms with Crippen LogP contribution in [0.25, 0.3) is 0 Å². The Balaban J connectivity index is 2.54. The first kappa shape index (κ1) is 12.2. The van der Waals surface area contributed by atoms with Crippen molar-refractivity contribution >= 4 is 0 Å². The first-order valence-electron chi connectivity index (χ1n) is 5.34. The fourth-order valence-corrected chi connectivity index (χ4v) is 1.29. The average molecular weight is 209 g/mol. The lowest BCUT2D eigenvalue weighted by atomic mass is 10.1. The van der Waals surface area contributed by atoms with E-state index in [9.17, 15) is 4.39 Å². The molecule has 1 aromatic carbocycles. The molecule has 84 valence electrons. The minimum absolute atomic E-state index is 0.0327. The van der Waals surface area contributed by atoms with Crippen molar-refractivity contribution in [3.63, 3.8) is 0 Å². The number of hydrogen-bond acceptors (Lipinski definition) is 1. The van der Waals surface area contributed by atoms with Gasteiger partial charge in [-0.05, 0) is 33.3 Å². The summed E-state index contributed by atoms with van der Waals surface area (Å²) in [6, 6.07) is 7.59. The van der Waals surface area contributed by atoms with Crippen LogP contribution in [-0.4, -0.2) is 12.1 Å². The van der Waals surface area contributed by atoms with E-state index in [-0.39, 0.29) is 5.54 Å². The summed E-state index contributed by atoms with van der Waals surface area (Å²) in [5.41, 5.74) is 1.88. The van der Waals surface area contributed by atoms with Crippen LogP contribution >= 0.6 is 0 Å². The summed E-state index contributed by atoms with van der Waals surface area (Å²) in [4.78, 5) is 0. The number of hydrogen-bond donors (Lipinski definition) is 1. The fraction of sp³-hybridized carbons (Fsp3) is 0.538. The van der Waals surface area contributed by atoms with Crippen molar-refractivity contribution < 1.29 is 4.39 Å². The maximum atomic E-state index is 13.7. The third-order valence-electron chi connectivity index (χ3n) is 2.25. The van der Waals surface area contributed by atoms with Crippen molar-refractivity contribution in [3.05, 3.63) is 35.4 Å². The predicted molar refractivity (Wildman–Crippen MR) is 62.8 cm³/mol. The van der Waals surface area contributed by atoms with Crippen molar-refractivity contribution in [2.75, 3.05) is 6.54 Å². The molecule has 0 aliphatic carbocycles. The van der Waals surface area contributed by atoms with Crippen molar-refractivity contribution in [1.29, 1.82) is 0 Å². The number of benzene rings is 1. The van der Waals surface area contributed by atoms with Gasteiger partial charge in [-0.1, -0.05) is 29.8 Å². The number of aryl methyl sites for hydroxylation is 1. The van der Waals surface area contributed by atoms with Crippen LogP contribution in [0.3, 0.4) is 0 Å². The zero-order valence-corrected chi connectivity index (χ0v) is 9.97. The molecule has 1 atom stereocenters. The minimum Gasteiger partial charge on any atom is -0.309 e. The fourth-order valence-electron chi connectivity index (χ4n) is 1.29. The van der Waals surface area contributed by atoms with Crippen LogP contribution in [0.5, 0.6) is 0 Å². The third-order valence-corrected chi connectivity index (χ3v) is 2.25. The van der Waals surface area contributed by atoms with Crippen molar-refractivity contribution in [2.24, 2.45) is 0 Å². The van der Waals surface area contributed by atoms with Gasteiger partial charge < -0.3 is 5.32 Å². The predicted octanol–water partition coefficient (Wildman–Crippen LogP) is 3.39. The summed E-state index contributed by atoms with van der Waals surface area (Å²) in [7, 11) is 0. The molecule has 0 radical (unpaired) electrons. The Hall–Kier alpha value is -0.890. The lowest BCUT2D eigenvalue weighted by molar-refractivity contribution is 0.291. The summed E-state index contributed by atoms with van der Waals surface area (Å²) in [6.45, 7) is 8.48. The molecule has 1 aromatic rings. The van der Waals surface area contributed by atoms with E-state index >= 15 is 0 Å². The van der Waals surface area contributed by atoms with Gasteiger partial charge in [0, 0.05) is 12.1 Å². The summed E-state index contributed by atoms with van der Waals surface area (Å²) >= 11 is 0. The van der Waals surface area contributed by atoms with Crippen LogP contribution in [0.2, 0.25) is 0 Å². The Morgan fingerprint density at radius 1 is 1.20 bits per heavy atom. The summed E-state index contributed by atoms with van der Waals surface area (Å²) in [5.74, 6) is 0. The molecule has 0 aliphatic heterocycles. The second-order valence-corrected chi connectivity index (χ2v) is 5.01. The van der Waals surface area contributed by atoms with Gasteiger partial charge >= 0.3 is 0 Å². The minimum atomic E-state index is -0.926. The molecule has 0 heterocycles. The van der Waals surface area contributed by atoms with E-state index < -0.39 is 6.17 Å². The van der Waals surface area contributed by atoms with Gasteiger partial charge in [0.1, 0.15) is 6.17 Å². The Bertz CT molecular complexity index is 297. The maximum Gasteiger partial charge on any atom is 0.138 e. The summed E-state index contributed by atoms with van der Waals surface area (Å²) in [6.07, 6.45) is -0.926. The van der Waals surface area contributed by atoms with E-state index in [2.05, 4.69) is 5.32 Å². The number of alkyl halides is 1. The van der Waals surface area contributed by atoms with Gasteiger partial charge in [0.05, 0.1) is 0 Å². The first-order valence-corrected chi connectivity index (χ1v) is 5.34. The van der Waals surface area contributed by atoms with E-state index in [0.29, 0.717) is 6.54 Å². The molecule has 1 N–H and O–H groups in total. The first-order chi connectivity index (χ1) is 6.88. The number of halogens is 1. The molecular weight excluding hydrogens is 189 g/mol. The number of rotatable bonds is 3. The molecule has 0 aliphatic rings. The highest BCUT2D eigenvalue weighted by Gasteiger charge is 2.14. The van der Waals surface area contributed by atoms with E-state index in [4.69, 9.17) is 0 Å². The van der Waals surface area contributed by atoms with Crippen LogP contribution < -0.4 is 5.32 Å². The van der Waals surface area contributed by atoms with E-state index in [1.54, 1.807) is 0 Å². The van der Waals surface area contributed by atoms with Gasteiger partial charge in [0.15, 0.2) is 0 Å². The zero-order valence-electron chi connectivity index (χ0n) is 9.97. The molecule has 1 rings (SSSR count). The summed E-state index contributed by atoms with van der Waals surface area (Å²) in [5, 5.41) is 3.16. The number of nitrogens with one attached hydrogen (secondary N) is 1. The molecule has 2 heteroatoms. The lowest BCUT2D eigenvalue weighted by Gasteiger charge is -2.22. The molecule has 0 amide bonds. The van der Waals surface area contributed by atoms with Crippen LogP contribution in [0.1, 0.15) is 38.1 Å². The van der Waals surface area contributed by atoms with Crippen molar-refractivity contribution in [3.8, 4) is 0 Å². The van der Waals surface area contributed by atoms with Crippen LogP contribution in [0.4, 0.5) is 4.39 Å². The highest BCUT2D eigenvalue weighted by molar-refractivity contribution is 5.23. The monoisotopic (exact) mass is 209 g/mol. The zero-order chi connectivity index (χ0) is 11.5. The molecule has 1 nitrogen and oxygen atoms in total. The van der Waals surface area contributed by atoms with Gasteiger partial charge in [-0.15, -0.1) is 0 Å². The molecule has 0 fully saturated rings. The maximum absolute atomic E-state index is 13.7. The van der Waals surface area contributed by atoms with Crippen molar-refractivity contribution in [1.82, 2.24) is 5.32 Å². The Morgan fingerprint density at radius 2 is 1.73 bits per heavy atom. The average Bonchev–Trinajstić information content (AvgIpc) is 2.14. The normalized spacial score (nSPS) is 13.9. The topological polar surface area (TPSA) is 12.0 Å². The second kappa shape index (κ2) is 4.75. The van der Waals surface area contributed by atoms with Gasteiger partial charge in [0.2, 0.25) is 0 Å². The smallest absolute Gasteiger partial charge is 0.138 e. The highest BCUT2D eigenvalue weighted by Crippen LogP contribution is 2.17. The Labute approximate surface area is 91.7 Å². The Kier molecular flexibility index (Phi) is 3.86. The van der Waals surface area contributed by atoms with Gasteiger partial charge in [-0.2, -0.15) is 0 Å². The van der Waals surface area contributed by atoms with Crippen LogP contribution in [-0.2, 0) is 0 Å². The quantitative estimate of drug-likeness (QED) is 0.804. The molecule has 15 heavy (non-hydrogen) atoms. The molecule has 0 spiro atoms. The van der Waals surface area contributed by atoms with E-state index in [1.807, 2.05) is 52.0 Å². The molecule has 0 saturated carbocycles. The molecule has 0 aromatic heterocycles. The van der Waals surface area contributed by atoms with Gasteiger partial charge in [0.25, 0.3) is 0 Å². The lowest BCUT2D eigenvalue weighted by Crippen LogP contribution is -2.37. The highest BCUT2D eigenvalue weighted by atomic mass is 19.1. The SMILES string of the molecule is Cc1ccc(C(F)CNC(C)(C)C)cc1. The van der Waals surface area contributed by atoms with Gasteiger partial charge in [-0.3, -0.25) is 0 Å². The third kappa shape index (κ3) is 4.43. The largest absolute Gasteiger partial charge is 0.309 e. The molecule has 0 bridgehead atoms. The molecule has 0 saturated heterocycles. The van der Waals surface area contributed by atoms with E-state index in [1.165, 1.54) is 0 Å². The Morgan fingerprint density at radius 3 is 2.20 bits per heavy atom. The van der Waals surface area contributed by atoms with Crippen LogP contribution in [0, 0.1) is 6.92 Å². The van der Waals surface area contributed by atoms with Crippen LogP contribution in [0.15, 0.2) is 24.3 Å². The van der Waals surface area contributed by atoms with Crippen molar-refractivity contribution in [2.45, 2.75) is 39.4 Å². The standard InChI is InChI=1S/C13H20FN/c1-10-5-7-11(8-6-10)12(14)9-15-13(2,3)4/h5-8,12,15H,9H2,1-4H3. The second-order valence-electron chi connectivity index (χ2n) is 5.01. The molecule has 1 unspecified atom stereocenters.